The molecule has 1 fully saturated rings. The second-order valence-corrected chi connectivity index (χ2v) is 8.56. The Balaban J connectivity index is 1.96. The van der Waals surface area contributed by atoms with Gasteiger partial charge in [-0.2, -0.15) is 0 Å². The van der Waals surface area contributed by atoms with Crippen molar-refractivity contribution >= 4 is 21.4 Å². The lowest BCUT2D eigenvalue weighted by Crippen LogP contribution is -2.28. The van der Waals surface area contributed by atoms with E-state index in [1.54, 1.807) is 0 Å². The zero-order chi connectivity index (χ0) is 15.3. The first-order chi connectivity index (χ1) is 10.0. The van der Waals surface area contributed by atoms with Crippen LogP contribution in [-0.4, -0.2) is 22.0 Å². The first-order valence-corrected chi connectivity index (χ1v) is 10.1. The number of sulfonamides is 1. The van der Waals surface area contributed by atoms with Crippen LogP contribution in [0.4, 0.5) is 0 Å². The molecule has 1 aliphatic rings. The maximum absolute atomic E-state index is 12.5. The molecule has 0 amide bonds. The average molecular weight is 331 g/mol. The molecule has 1 heterocycles. The first-order valence-electron chi connectivity index (χ1n) is 7.76. The Kier molecular flexibility index (Phi) is 6.22. The molecule has 0 bridgehead atoms. The van der Waals surface area contributed by atoms with Gasteiger partial charge in [0.05, 0.1) is 0 Å². The number of hydrogen-bond donors (Lipinski definition) is 2. The predicted octanol–water partition coefficient (Wildman–Crippen LogP) is 3.02. The molecular formula is C15H26N2O2S2. The molecule has 21 heavy (non-hydrogen) atoms. The highest BCUT2D eigenvalue weighted by Gasteiger charge is 2.23. The second kappa shape index (κ2) is 7.72. The smallest absolute Gasteiger partial charge is 0.241 e. The average Bonchev–Trinajstić information content (AvgIpc) is 2.82. The fourth-order valence-corrected chi connectivity index (χ4v) is 5.94. The van der Waals surface area contributed by atoms with Crippen molar-refractivity contribution in [1.82, 2.24) is 10.0 Å². The van der Waals surface area contributed by atoms with E-state index in [2.05, 4.69) is 10.0 Å². The quantitative estimate of drug-likeness (QED) is 0.808. The fraction of sp³-hybridized carbons (Fsp3) is 0.733. The molecule has 0 aliphatic heterocycles. The maximum atomic E-state index is 12.5. The molecule has 4 nitrogen and oxygen atoms in total. The van der Waals surface area contributed by atoms with Crippen LogP contribution in [0.25, 0.3) is 0 Å². The van der Waals surface area contributed by atoms with Crippen LogP contribution in [0.2, 0.25) is 0 Å². The van der Waals surface area contributed by atoms with Crippen molar-refractivity contribution in [3.05, 3.63) is 15.8 Å². The Hall–Kier alpha value is -0.430. The van der Waals surface area contributed by atoms with Gasteiger partial charge in [-0.1, -0.05) is 32.1 Å². The van der Waals surface area contributed by atoms with Crippen LogP contribution < -0.4 is 10.0 Å². The van der Waals surface area contributed by atoms with Crippen LogP contribution in [0.3, 0.4) is 0 Å². The van der Waals surface area contributed by atoms with E-state index in [-0.39, 0.29) is 0 Å². The summed E-state index contributed by atoms with van der Waals surface area (Å²) in [5.74, 6) is 0.696. The summed E-state index contributed by atoms with van der Waals surface area (Å²) >= 11 is 1.51. The Bertz CT molecular complexity index is 546. The van der Waals surface area contributed by atoms with E-state index in [1.165, 1.54) is 43.4 Å². The largest absolute Gasteiger partial charge is 0.315 e. The lowest BCUT2D eigenvalue weighted by molar-refractivity contribution is 0.339. The molecule has 1 aromatic heterocycles. The van der Waals surface area contributed by atoms with E-state index >= 15 is 0 Å². The van der Waals surface area contributed by atoms with Crippen molar-refractivity contribution in [2.75, 3.05) is 13.6 Å². The second-order valence-electron chi connectivity index (χ2n) is 5.89. The van der Waals surface area contributed by atoms with Gasteiger partial charge in [0.15, 0.2) is 0 Å². The molecule has 2 rings (SSSR count). The van der Waals surface area contributed by atoms with E-state index in [0.29, 0.717) is 23.9 Å². The molecule has 0 unspecified atom stereocenters. The van der Waals surface area contributed by atoms with Gasteiger partial charge < -0.3 is 5.32 Å². The predicted molar refractivity (Wildman–Crippen MR) is 88.2 cm³/mol. The van der Waals surface area contributed by atoms with Gasteiger partial charge in [-0.15, -0.1) is 11.3 Å². The van der Waals surface area contributed by atoms with E-state index in [9.17, 15) is 8.42 Å². The summed E-state index contributed by atoms with van der Waals surface area (Å²) in [5.41, 5.74) is 0.843. The molecular weight excluding hydrogens is 304 g/mol. The number of hydrogen-bond acceptors (Lipinski definition) is 4. The molecule has 0 saturated heterocycles. The lowest BCUT2D eigenvalue weighted by Gasteiger charge is -2.21. The van der Waals surface area contributed by atoms with Gasteiger partial charge in [0.1, 0.15) is 4.90 Å². The van der Waals surface area contributed by atoms with Crippen molar-refractivity contribution in [1.29, 1.82) is 0 Å². The molecule has 1 saturated carbocycles. The van der Waals surface area contributed by atoms with Crippen molar-refractivity contribution in [3.8, 4) is 0 Å². The summed E-state index contributed by atoms with van der Waals surface area (Å²) < 4.78 is 27.8. The van der Waals surface area contributed by atoms with E-state index in [0.717, 1.165) is 16.9 Å². The molecule has 6 heteroatoms. The van der Waals surface area contributed by atoms with Gasteiger partial charge in [0.2, 0.25) is 10.0 Å². The van der Waals surface area contributed by atoms with Crippen LogP contribution in [0.1, 0.15) is 49.0 Å². The molecule has 0 radical (unpaired) electrons. The van der Waals surface area contributed by atoms with Gasteiger partial charge >= 0.3 is 0 Å². The highest BCUT2D eigenvalue weighted by molar-refractivity contribution is 7.89. The summed E-state index contributed by atoms with van der Waals surface area (Å²) in [5, 5.41) is 4.95. The minimum absolute atomic E-state index is 0.477. The molecule has 0 aromatic carbocycles. The summed E-state index contributed by atoms with van der Waals surface area (Å²) in [4.78, 5) is 1.37. The minimum atomic E-state index is -3.38. The summed E-state index contributed by atoms with van der Waals surface area (Å²) in [6.45, 7) is 3.02. The summed E-state index contributed by atoms with van der Waals surface area (Å²) in [6, 6.07) is 0. The lowest BCUT2D eigenvalue weighted by atomic mass is 9.87. The zero-order valence-electron chi connectivity index (χ0n) is 12.9. The number of rotatable bonds is 7. The molecule has 1 aliphatic carbocycles. The van der Waals surface area contributed by atoms with Crippen LogP contribution in [0, 0.1) is 12.8 Å². The van der Waals surface area contributed by atoms with E-state index < -0.39 is 10.0 Å². The molecule has 0 atom stereocenters. The van der Waals surface area contributed by atoms with Crippen molar-refractivity contribution in [2.24, 2.45) is 5.92 Å². The molecule has 1 aromatic rings. The standard InChI is InChI=1S/C15H26N2O2S2/c1-12-11-20-14(10-16-2)15(12)21(18,19)17-9-8-13-6-4-3-5-7-13/h11,13,16-17H,3-10H2,1-2H3. The Labute approximate surface area is 132 Å². The van der Waals surface area contributed by atoms with Crippen molar-refractivity contribution in [3.63, 3.8) is 0 Å². The maximum Gasteiger partial charge on any atom is 0.241 e. The normalized spacial score (nSPS) is 17.2. The van der Waals surface area contributed by atoms with Crippen LogP contribution in [0.5, 0.6) is 0 Å². The SMILES string of the molecule is CNCc1scc(C)c1S(=O)(=O)NCCC1CCCCC1. The van der Waals surface area contributed by atoms with Crippen LogP contribution >= 0.6 is 11.3 Å². The highest BCUT2D eigenvalue weighted by atomic mass is 32.2. The van der Waals surface area contributed by atoms with Gasteiger partial charge in [0.25, 0.3) is 0 Å². The van der Waals surface area contributed by atoms with Gasteiger partial charge in [-0.05, 0) is 37.3 Å². The first kappa shape index (κ1) is 16.9. The minimum Gasteiger partial charge on any atom is -0.315 e. The molecule has 120 valence electrons. The zero-order valence-corrected chi connectivity index (χ0v) is 14.6. The van der Waals surface area contributed by atoms with Gasteiger partial charge in [-0.25, -0.2) is 13.1 Å². The number of thiophene rings is 1. The highest BCUT2D eigenvalue weighted by Crippen LogP contribution is 2.28. The topological polar surface area (TPSA) is 58.2 Å². The third-order valence-electron chi connectivity index (χ3n) is 4.16. The Morgan fingerprint density at radius 2 is 2.00 bits per heavy atom. The third kappa shape index (κ3) is 4.52. The van der Waals surface area contributed by atoms with Crippen molar-refractivity contribution in [2.45, 2.75) is 56.9 Å². The van der Waals surface area contributed by atoms with E-state index in [4.69, 9.17) is 0 Å². The number of nitrogens with one attached hydrogen (secondary N) is 2. The summed E-state index contributed by atoms with van der Waals surface area (Å²) in [7, 11) is -1.55. The monoisotopic (exact) mass is 330 g/mol. The number of aryl methyl sites for hydroxylation is 1. The van der Waals surface area contributed by atoms with Crippen LogP contribution in [-0.2, 0) is 16.6 Å². The van der Waals surface area contributed by atoms with Crippen LogP contribution in [0.15, 0.2) is 10.3 Å². The fourth-order valence-electron chi connectivity index (χ4n) is 3.08. The Morgan fingerprint density at radius 1 is 1.29 bits per heavy atom. The van der Waals surface area contributed by atoms with Crippen molar-refractivity contribution < 1.29 is 8.42 Å². The summed E-state index contributed by atoms with van der Waals surface area (Å²) in [6.07, 6.45) is 7.41. The van der Waals surface area contributed by atoms with Gasteiger partial charge in [0, 0.05) is 18.0 Å². The Morgan fingerprint density at radius 3 is 2.67 bits per heavy atom. The van der Waals surface area contributed by atoms with Gasteiger partial charge in [-0.3, -0.25) is 0 Å². The third-order valence-corrected chi connectivity index (χ3v) is 7.09. The molecule has 2 N–H and O–H groups in total. The molecule has 0 spiro atoms. The van der Waals surface area contributed by atoms with E-state index in [1.807, 2.05) is 19.4 Å².